The van der Waals surface area contributed by atoms with E-state index in [-0.39, 0.29) is 6.10 Å². The molecular formula is C20H28N4O. The van der Waals surface area contributed by atoms with Crippen LogP contribution in [0.5, 0.6) is 5.75 Å². The second-order valence-electron chi connectivity index (χ2n) is 6.88. The first-order chi connectivity index (χ1) is 12.1. The van der Waals surface area contributed by atoms with E-state index < -0.39 is 0 Å². The number of hydrogen-bond donors (Lipinski definition) is 1. The predicted molar refractivity (Wildman–Crippen MR) is 103 cm³/mol. The van der Waals surface area contributed by atoms with Gasteiger partial charge in [0.1, 0.15) is 11.6 Å². The van der Waals surface area contributed by atoms with Gasteiger partial charge in [-0.25, -0.2) is 4.98 Å². The summed E-state index contributed by atoms with van der Waals surface area (Å²) in [6.45, 7) is 8.16. The molecule has 1 aromatic carbocycles. The molecule has 0 amide bonds. The second kappa shape index (κ2) is 8.19. The number of benzene rings is 1. The fraction of sp³-hybridized carbons (Fsp3) is 0.500. The molecule has 1 N–H and O–H groups in total. The molecule has 2 aromatic rings. The third-order valence-electron chi connectivity index (χ3n) is 4.24. The van der Waals surface area contributed by atoms with E-state index in [2.05, 4.69) is 15.2 Å². The van der Waals surface area contributed by atoms with Crippen LogP contribution in [0, 0.1) is 6.92 Å². The summed E-state index contributed by atoms with van der Waals surface area (Å²) in [6, 6.07) is 9.95. The van der Waals surface area contributed by atoms with E-state index in [0.717, 1.165) is 42.0 Å². The normalized spacial score (nSPS) is 15.1. The zero-order valence-corrected chi connectivity index (χ0v) is 15.5. The van der Waals surface area contributed by atoms with Crippen molar-refractivity contribution in [3.8, 4) is 5.75 Å². The second-order valence-corrected chi connectivity index (χ2v) is 6.88. The molecule has 3 rings (SSSR count). The number of anilines is 3. The Hall–Kier alpha value is -2.30. The van der Waals surface area contributed by atoms with Gasteiger partial charge >= 0.3 is 0 Å². The molecule has 1 aliphatic heterocycles. The molecule has 0 saturated carbocycles. The monoisotopic (exact) mass is 340 g/mol. The SMILES string of the molecule is Cc1cc(Nc2ccccc2OC(C)C)nc(N2CCCCCC2)n1. The van der Waals surface area contributed by atoms with Crippen molar-refractivity contribution in [2.24, 2.45) is 0 Å². The van der Waals surface area contributed by atoms with Gasteiger partial charge in [0.2, 0.25) is 5.95 Å². The number of hydrogen-bond acceptors (Lipinski definition) is 5. The Bertz CT molecular complexity index is 694. The number of nitrogens with zero attached hydrogens (tertiary/aromatic N) is 3. The quantitative estimate of drug-likeness (QED) is 0.855. The van der Waals surface area contributed by atoms with Crippen LogP contribution in [0.4, 0.5) is 17.5 Å². The summed E-state index contributed by atoms with van der Waals surface area (Å²) in [5.74, 6) is 2.48. The highest BCUT2D eigenvalue weighted by atomic mass is 16.5. The molecule has 0 unspecified atom stereocenters. The van der Waals surface area contributed by atoms with Crippen molar-refractivity contribution >= 4 is 17.5 Å². The molecule has 2 heterocycles. The maximum atomic E-state index is 5.89. The van der Waals surface area contributed by atoms with Crippen LogP contribution < -0.4 is 15.0 Å². The smallest absolute Gasteiger partial charge is 0.227 e. The fourth-order valence-corrected chi connectivity index (χ4v) is 3.09. The average molecular weight is 340 g/mol. The number of para-hydroxylation sites is 2. The van der Waals surface area contributed by atoms with Crippen LogP contribution in [-0.2, 0) is 0 Å². The lowest BCUT2D eigenvalue weighted by atomic mass is 10.2. The van der Waals surface area contributed by atoms with Gasteiger partial charge in [-0.05, 0) is 45.7 Å². The minimum atomic E-state index is 0.128. The first kappa shape index (κ1) is 17.5. The largest absolute Gasteiger partial charge is 0.489 e. The highest BCUT2D eigenvalue weighted by Gasteiger charge is 2.14. The van der Waals surface area contributed by atoms with Crippen molar-refractivity contribution in [1.82, 2.24) is 9.97 Å². The Balaban J connectivity index is 1.83. The Labute approximate surface area is 150 Å². The molecule has 1 aromatic heterocycles. The maximum absolute atomic E-state index is 5.89. The Morgan fingerprint density at radius 3 is 2.48 bits per heavy atom. The molecule has 5 nitrogen and oxygen atoms in total. The predicted octanol–water partition coefficient (Wildman–Crippen LogP) is 4.70. The Kier molecular flexibility index (Phi) is 5.74. The van der Waals surface area contributed by atoms with Crippen molar-refractivity contribution in [2.75, 3.05) is 23.3 Å². The van der Waals surface area contributed by atoms with E-state index in [1.54, 1.807) is 0 Å². The lowest BCUT2D eigenvalue weighted by Gasteiger charge is -2.21. The van der Waals surface area contributed by atoms with Crippen molar-refractivity contribution in [2.45, 2.75) is 52.6 Å². The van der Waals surface area contributed by atoms with Gasteiger partial charge in [-0.1, -0.05) is 25.0 Å². The zero-order valence-electron chi connectivity index (χ0n) is 15.5. The van der Waals surface area contributed by atoms with Gasteiger partial charge in [0.05, 0.1) is 11.8 Å². The van der Waals surface area contributed by atoms with E-state index in [0.29, 0.717) is 0 Å². The fourth-order valence-electron chi connectivity index (χ4n) is 3.09. The highest BCUT2D eigenvalue weighted by Crippen LogP contribution is 2.28. The average Bonchev–Trinajstić information content (AvgIpc) is 2.85. The third-order valence-corrected chi connectivity index (χ3v) is 4.24. The first-order valence-electron chi connectivity index (χ1n) is 9.25. The summed E-state index contributed by atoms with van der Waals surface area (Å²) in [4.78, 5) is 11.7. The lowest BCUT2D eigenvalue weighted by Crippen LogP contribution is -2.26. The summed E-state index contributed by atoms with van der Waals surface area (Å²) in [6.07, 6.45) is 5.15. The zero-order chi connectivity index (χ0) is 17.6. The molecule has 0 atom stereocenters. The van der Waals surface area contributed by atoms with E-state index >= 15 is 0 Å². The van der Waals surface area contributed by atoms with Gasteiger partial charge in [0.25, 0.3) is 0 Å². The van der Waals surface area contributed by atoms with Crippen LogP contribution in [-0.4, -0.2) is 29.2 Å². The number of aromatic nitrogens is 2. The van der Waals surface area contributed by atoms with Crippen LogP contribution in [0.25, 0.3) is 0 Å². The highest BCUT2D eigenvalue weighted by molar-refractivity contribution is 5.64. The molecular weight excluding hydrogens is 312 g/mol. The molecule has 1 aliphatic rings. The van der Waals surface area contributed by atoms with Crippen LogP contribution in [0.15, 0.2) is 30.3 Å². The molecule has 0 radical (unpaired) electrons. The molecule has 0 spiro atoms. The van der Waals surface area contributed by atoms with Gasteiger partial charge in [-0.3, -0.25) is 0 Å². The molecule has 1 fully saturated rings. The first-order valence-corrected chi connectivity index (χ1v) is 9.25. The molecule has 5 heteroatoms. The van der Waals surface area contributed by atoms with Crippen molar-refractivity contribution in [3.63, 3.8) is 0 Å². The van der Waals surface area contributed by atoms with Crippen molar-refractivity contribution in [3.05, 3.63) is 36.0 Å². The van der Waals surface area contributed by atoms with Crippen molar-refractivity contribution in [1.29, 1.82) is 0 Å². The van der Waals surface area contributed by atoms with Gasteiger partial charge in [0.15, 0.2) is 0 Å². The summed E-state index contributed by atoms with van der Waals surface area (Å²) >= 11 is 0. The molecule has 25 heavy (non-hydrogen) atoms. The molecule has 1 saturated heterocycles. The van der Waals surface area contributed by atoms with Crippen LogP contribution in [0.3, 0.4) is 0 Å². The number of nitrogens with one attached hydrogen (secondary N) is 1. The van der Waals surface area contributed by atoms with Crippen LogP contribution in [0.1, 0.15) is 45.2 Å². The van der Waals surface area contributed by atoms with E-state index in [1.165, 1.54) is 25.7 Å². The topological polar surface area (TPSA) is 50.3 Å². The minimum Gasteiger partial charge on any atom is -0.489 e. The summed E-state index contributed by atoms with van der Waals surface area (Å²) in [5, 5.41) is 3.41. The summed E-state index contributed by atoms with van der Waals surface area (Å²) in [5.41, 5.74) is 1.90. The number of ether oxygens (including phenoxy) is 1. The van der Waals surface area contributed by atoms with Crippen LogP contribution in [0.2, 0.25) is 0 Å². The number of aryl methyl sites for hydroxylation is 1. The van der Waals surface area contributed by atoms with Crippen molar-refractivity contribution < 1.29 is 4.74 Å². The van der Waals surface area contributed by atoms with E-state index in [9.17, 15) is 0 Å². The summed E-state index contributed by atoms with van der Waals surface area (Å²) < 4.78 is 5.89. The van der Waals surface area contributed by atoms with E-state index in [4.69, 9.17) is 9.72 Å². The Morgan fingerprint density at radius 1 is 1.04 bits per heavy atom. The minimum absolute atomic E-state index is 0.128. The molecule has 134 valence electrons. The maximum Gasteiger partial charge on any atom is 0.227 e. The Morgan fingerprint density at radius 2 is 1.76 bits per heavy atom. The lowest BCUT2D eigenvalue weighted by molar-refractivity contribution is 0.244. The molecule has 0 aliphatic carbocycles. The van der Waals surface area contributed by atoms with Gasteiger partial charge in [-0.15, -0.1) is 0 Å². The van der Waals surface area contributed by atoms with Gasteiger partial charge in [0, 0.05) is 24.8 Å². The van der Waals surface area contributed by atoms with Crippen LogP contribution >= 0.6 is 0 Å². The van der Waals surface area contributed by atoms with Gasteiger partial charge in [-0.2, -0.15) is 4.98 Å². The number of rotatable bonds is 5. The molecule has 0 bridgehead atoms. The van der Waals surface area contributed by atoms with Gasteiger partial charge < -0.3 is 15.0 Å². The van der Waals surface area contributed by atoms with E-state index in [1.807, 2.05) is 51.1 Å². The summed E-state index contributed by atoms with van der Waals surface area (Å²) in [7, 11) is 0. The standard InChI is InChI=1S/C20H28N4O/c1-15(2)25-18-11-7-6-10-17(18)22-19-14-16(3)21-20(23-19)24-12-8-4-5-9-13-24/h6-7,10-11,14-15H,4-5,8-9,12-13H2,1-3H3,(H,21,22,23). The third kappa shape index (κ3) is 4.84.